The molecule has 1 aliphatic rings. The van der Waals surface area contributed by atoms with Crippen molar-refractivity contribution in [2.24, 2.45) is 0 Å². The van der Waals surface area contributed by atoms with Gasteiger partial charge in [-0.25, -0.2) is 0 Å². The maximum atomic E-state index is 11.0. The number of fused-ring (bicyclic) bond motifs is 2. The number of hydrogen-bond acceptors (Lipinski definition) is 3. The van der Waals surface area contributed by atoms with E-state index < -0.39 is 0 Å². The normalized spacial score (nSPS) is 12.5. The van der Waals surface area contributed by atoms with Crippen molar-refractivity contribution in [1.82, 2.24) is 5.32 Å². The van der Waals surface area contributed by atoms with E-state index in [1.165, 1.54) is 15.5 Å². The Morgan fingerprint density at radius 2 is 1.95 bits per heavy atom. The fourth-order valence-electron chi connectivity index (χ4n) is 2.54. The van der Waals surface area contributed by atoms with E-state index in [4.69, 9.17) is 11.6 Å². The smallest absolute Gasteiger partial charge is 0.216 e. The lowest BCUT2D eigenvalue weighted by atomic mass is 10.2. The molecule has 22 heavy (non-hydrogen) atoms. The molecule has 1 amide bonds. The lowest BCUT2D eigenvalue weighted by molar-refractivity contribution is -0.118. The van der Waals surface area contributed by atoms with Crippen molar-refractivity contribution in [2.75, 3.05) is 18.0 Å². The summed E-state index contributed by atoms with van der Waals surface area (Å²) < 4.78 is 0. The quantitative estimate of drug-likeness (QED) is 0.838. The molecule has 0 bridgehead atoms. The summed E-state index contributed by atoms with van der Waals surface area (Å²) in [5, 5.41) is 3.59. The van der Waals surface area contributed by atoms with E-state index >= 15 is 0 Å². The molecule has 0 aliphatic carbocycles. The van der Waals surface area contributed by atoms with Gasteiger partial charge in [0, 0.05) is 34.8 Å². The first-order valence-corrected chi connectivity index (χ1v) is 8.43. The predicted octanol–water partition coefficient (Wildman–Crippen LogP) is 4.47. The van der Waals surface area contributed by atoms with Gasteiger partial charge in [-0.05, 0) is 36.8 Å². The third-order valence-corrected chi connectivity index (χ3v) is 4.89. The molecular formula is C17H17ClN2OS. The highest BCUT2D eigenvalue weighted by molar-refractivity contribution is 7.99. The number of benzene rings is 2. The molecule has 3 nitrogen and oxygen atoms in total. The van der Waals surface area contributed by atoms with Crippen molar-refractivity contribution in [2.45, 2.75) is 23.1 Å². The third kappa shape index (κ3) is 3.23. The number of carbonyl (C=O) groups excluding carboxylic acids is 1. The van der Waals surface area contributed by atoms with Gasteiger partial charge in [0.2, 0.25) is 5.91 Å². The van der Waals surface area contributed by atoms with E-state index in [0.717, 1.165) is 23.7 Å². The Kier molecular flexibility index (Phi) is 4.60. The largest absolute Gasteiger partial charge is 0.356 e. The molecule has 1 aliphatic heterocycles. The van der Waals surface area contributed by atoms with Gasteiger partial charge in [-0.3, -0.25) is 4.79 Å². The number of halogens is 1. The summed E-state index contributed by atoms with van der Waals surface area (Å²) in [4.78, 5) is 15.7. The number of hydrogen-bond donors (Lipinski definition) is 1. The van der Waals surface area contributed by atoms with E-state index in [0.29, 0.717) is 6.54 Å². The maximum absolute atomic E-state index is 11.0. The van der Waals surface area contributed by atoms with E-state index in [-0.39, 0.29) is 5.91 Å². The van der Waals surface area contributed by atoms with Crippen LogP contribution in [-0.2, 0) is 4.79 Å². The average Bonchev–Trinajstić information content (AvgIpc) is 2.50. The van der Waals surface area contributed by atoms with Gasteiger partial charge in [0.1, 0.15) is 0 Å². The highest BCUT2D eigenvalue weighted by Gasteiger charge is 2.22. The molecule has 0 atom stereocenters. The van der Waals surface area contributed by atoms with Crippen LogP contribution in [0.4, 0.5) is 11.4 Å². The van der Waals surface area contributed by atoms with Crippen LogP contribution >= 0.6 is 23.4 Å². The first-order chi connectivity index (χ1) is 10.6. The lowest BCUT2D eigenvalue weighted by Crippen LogP contribution is -2.27. The molecule has 0 unspecified atom stereocenters. The van der Waals surface area contributed by atoms with E-state index in [1.807, 2.05) is 12.1 Å². The number of nitrogens with one attached hydrogen (secondary N) is 1. The van der Waals surface area contributed by atoms with Crippen LogP contribution in [0.1, 0.15) is 13.3 Å². The number of amides is 1. The number of rotatable bonds is 4. The zero-order valence-corrected chi connectivity index (χ0v) is 13.9. The fraction of sp³-hybridized carbons (Fsp3) is 0.235. The summed E-state index contributed by atoms with van der Waals surface area (Å²) >= 11 is 7.95. The standard InChI is InChI=1S/C17H17ClN2OS/c1-12(21)19-9-4-10-20-14-5-2-3-6-16(14)22-17-8-7-13(18)11-15(17)20/h2-3,5-8,11H,4,9-10H2,1H3,(H,19,21). The molecule has 5 heteroatoms. The van der Waals surface area contributed by atoms with Crippen molar-refractivity contribution < 1.29 is 4.79 Å². The second-order valence-corrected chi connectivity index (χ2v) is 6.69. The van der Waals surface area contributed by atoms with Gasteiger partial charge in [0.25, 0.3) is 0 Å². The minimum atomic E-state index is 0.0121. The van der Waals surface area contributed by atoms with Crippen molar-refractivity contribution in [1.29, 1.82) is 0 Å². The SMILES string of the molecule is CC(=O)NCCCN1c2ccccc2Sc2ccc(Cl)cc21. The van der Waals surface area contributed by atoms with E-state index in [2.05, 4.69) is 40.5 Å². The van der Waals surface area contributed by atoms with Crippen molar-refractivity contribution in [3.05, 3.63) is 47.5 Å². The Morgan fingerprint density at radius 1 is 1.18 bits per heavy atom. The number of anilines is 2. The number of carbonyl (C=O) groups is 1. The molecule has 0 radical (unpaired) electrons. The summed E-state index contributed by atoms with van der Waals surface area (Å²) in [7, 11) is 0. The summed E-state index contributed by atoms with van der Waals surface area (Å²) in [6.45, 7) is 3.06. The Morgan fingerprint density at radius 3 is 2.77 bits per heavy atom. The van der Waals surface area contributed by atoms with E-state index in [1.54, 1.807) is 18.7 Å². The second kappa shape index (κ2) is 6.63. The summed E-state index contributed by atoms with van der Waals surface area (Å²) in [5.74, 6) is 0.0121. The van der Waals surface area contributed by atoms with Crippen LogP contribution in [0, 0.1) is 0 Å². The van der Waals surface area contributed by atoms with Gasteiger partial charge in [0.15, 0.2) is 0 Å². The third-order valence-electron chi connectivity index (χ3n) is 3.52. The first kappa shape index (κ1) is 15.3. The van der Waals surface area contributed by atoms with Crippen LogP contribution in [0.25, 0.3) is 0 Å². The Bertz CT molecular complexity index is 705. The van der Waals surface area contributed by atoms with Crippen LogP contribution in [0.5, 0.6) is 0 Å². The van der Waals surface area contributed by atoms with Crippen molar-refractivity contribution >= 4 is 40.6 Å². The predicted molar refractivity (Wildman–Crippen MR) is 92.3 cm³/mol. The molecule has 114 valence electrons. The monoisotopic (exact) mass is 332 g/mol. The van der Waals surface area contributed by atoms with Gasteiger partial charge in [-0.1, -0.05) is 35.5 Å². The Hall–Kier alpha value is -1.65. The zero-order chi connectivity index (χ0) is 15.5. The van der Waals surface area contributed by atoms with E-state index in [9.17, 15) is 4.79 Å². The molecule has 2 aromatic carbocycles. The van der Waals surface area contributed by atoms with Gasteiger partial charge in [-0.2, -0.15) is 0 Å². The second-order valence-electron chi connectivity index (χ2n) is 5.17. The van der Waals surface area contributed by atoms with Crippen molar-refractivity contribution in [3.8, 4) is 0 Å². The number of nitrogens with zero attached hydrogens (tertiary/aromatic N) is 1. The summed E-state index contributed by atoms with van der Waals surface area (Å²) in [6.07, 6.45) is 0.879. The minimum Gasteiger partial charge on any atom is -0.356 e. The van der Waals surface area contributed by atoms with Gasteiger partial charge >= 0.3 is 0 Å². The molecule has 1 N–H and O–H groups in total. The average molecular weight is 333 g/mol. The molecule has 0 fully saturated rings. The van der Waals surface area contributed by atoms with Crippen LogP contribution in [0.2, 0.25) is 5.02 Å². The Labute approximate surface area is 139 Å². The van der Waals surface area contributed by atoms with Crippen molar-refractivity contribution in [3.63, 3.8) is 0 Å². The molecule has 0 saturated heterocycles. The van der Waals surface area contributed by atoms with Gasteiger partial charge in [-0.15, -0.1) is 0 Å². The van der Waals surface area contributed by atoms with Crippen LogP contribution < -0.4 is 10.2 Å². The molecule has 1 heterocycles. The molecule has 0 aromatic heterocycles. The highest BCUT2D eigenvalue weighted by atomic mass is 35.5. The van der Waals surface area contributed by atoms with Gasteiger partial charge < -0.3 is 10.2 Å². The first-order valence-electron chi connectivity index (χ1n) is 7.23. The van der Waals surface area contributed by atoms with Crippen LogP contribution in [0.15, 0.2) is 52.3 Å². The van der Waals surface area contributed by atoms with Crippen LogP contribution in [-0.4, -0.2) is 19.0 Å². The highest BCUT2D eigenvalue weighted by Crippen LogP contribution is 2.48. The zero-order valence-electron chi connectivity index (χ0n) is 12.3. The summed E-state index contributed by atoms with van der Waals surface area (Å²) in [5.41, 5.74) is 2.34. The topological polar surface area (TPSA) is 32.3 Å². The number of para-hydroxylation sites is 1. The molecule has 0 spiro atoms. The van der Waals surface area contributed by atoms with Gasteiger partial charge in [0.05, 0.1) is 11.4 Å². The molecule has 2 aromatic rings. The maximum Gasteiger partial charge on any atom is 0.216 e. The fourth-order valence-corrected chi connectivity index (χ4v) is 3.79. The minimum absolute atomic E-state index is 0.0121. The van der Waals surface area contributed by atoms with Crippen LogP contribution in [0.3, 0.4) is 0 Å². The Balaban J connectivity index is 1.87. The summed E-state index contributed by atoms with van der Waals surface area (Å²) in [6, 6.07) is 14.4. The molecular weight excluding hydrogens is 316 g/mol. The molecule has 3 rings (SSSR count). The lowest BCUT2D eigenvalue weighted by Gasteiger charge is -2.33. The molecule has 0 saturated carbocycles.